The molecule has 31 heavy (non-hydrogen) atoms. The summed E-state index contributed by atoms with van der Waals surface area (Å²) in [5.41, 5.74) is 1.03. The number of ether oxygens (including phenoxy) is 2. The third-order valence-corrected chi connectivity index (χ3v) is 4.59. The molecule has 0 saturated heterocycles. The first-order valence-corrected chi connectivity index (χ1v) is 10.4. The average Bonchev–Trinajstić information content (AvgIpc) is 3.62. The zero-order valence-corrected chi connectivity index (χ0v) is 17.5. The zero-order chi connectivity index (χ0) is 22.1. The van der Waals surface area contributed by atoms with Crippen molar-refractivity contribution in [2.75, 3.05) is 31.6 Å². The minimum Gasteiger partial charge on any atom is -0.494 e. The van der Waals surface area contributed by atoms with Crippen LogP contribution in [0.25, 0.3) is 0 Å². The van der Waals surface area contributed by atoms with Crippen LogP contribution >= 0.6 is 0 Å². The first-order valence-electron chi connectivity index (χ1n) is 10.4. The van der Waals surface area contributed by atoms with Crippen LogP contribution in [-0.2, 0) is 9.59 Å². The van der Waals surface area contributed by atoms with Crippen LogP contribution in [0.1, 0.15) is 30.1 Å². The Morgan fingerprint density at radius 3 is 2.10 bits per heavy atom. The van der Waals surface area contributed by atoms with E-state index in [1.54, 1.807) is 48.5 Å². The Hall–Kier alpha value is -3.55. The van der Waals surface area contributed by atoms with E-state index < -0.39 is 0 Å². The molecule has 0 aromatic heterocycles. The minimum atomic E-state index is -0.308. The van der Waals surface area contributed by atoms with E-state index in [1.807, 2.05) is 6.92 Å². The Balaban J connectivity index is 1.37. The Morgan fingerprint density at radius 2 is 1.48 bits per heavy atom. The summed E-state index contributed by atoms with van der Waals surface area (Å²) >= 11 is 0. The number of rotatable bonds is 11. The second-order valence-corrected chi connectivity index (χ2v) is 7.14. The van der Waals surface area contributed by atoms with Crippen molar-refractivity contribution in [1.29, 1.82) is 0 Å². The molecule has 1 aliphatic rings. The highest BCUT2D eigenvalue weighted by Gasteiger charge is 2.28. The maximum Gasteiger partial charge on any atom is 0.262 e. The van der Waals surface area contributed by atoms with Crippen LogP contribution in [-0.4, -0.2) is 44.0 Å². The minimum absolute atomic E-state index is 0.0563. The summed E-state index contributed by atoms with van der Waals surface area (Å²) < 4.78 is 10.8. The summed E-state index contributed by atoms with van der Waals surface area (Å²) in [4.78, 5) is 35.8. The predicted molar refractivity (Wildman–Crippen MR) is 116 cm³/mol. The average molecular weight is 425 g/mol. The molecule has 0 aliphatic heterocycles. The smallest absolute Gasteiger partial charge is 0.262 e. The van der Waals surface area contributed by atoms with Gasteiger partial charge in [-0.25, -0.2) is 0 Å². The number of hydrogen-bond acceptors (Lipinski definition) is 5. The molecule has 0 bridgehead atoms. The molecule has 3 N–H and O–H groups in total. The number of carbonyl (C=O) groups is 3. The SMILES string of the molecule is CCOc1ccc(OCC(=O)Nc2ccc(C(=O)NCCNC(=O)C3CC3)cc2)cc1. The maximum atomic E-state index is 12.2. The van der Waals surface area contributed by atoms with E-state index in [0.717, 1.165) is 18.6 Å². The summed E-state index contributed by atoms with van der Waals surface area (Å²) in [5.74, 6) is 0.978. The van der Waals surface area contributed by atoms with E-state index >= 15 is 0 Å². The number of amides is 3. The van der Waals surface area contributed by atoms with E-state index in [-0.39, 0.29) is 30.2 Å². The van der Waals surface area contributed by atoms with Gasteiger partial charge in [0.25, 0.3) is 11.8 Å². The van der Waals surface area contributed by atoms with Crippen LogP contribution in [0.4, 0.5) is 5.69 Å². The zero-order valence-electron chi connectivity index (χ0n) is 17.5. The van der Waals surface area contributed by atoms with Crippen molar-refractivity contribution in [2.24, 2.45) is 5.92 Å². The predicted octanol–water partition coefficient (Wildman–Crippen LogP) is 2.36. The quantitative estimate of drug-likeness (QED) is 0.479. The fourth-order valence-electron chi connectivity index (χ4n) is 2.80. The van der Waals surface area contributed by atoms with Gasteiger partial charge in [-0.05, 0) is 68.3 Å². The van der Waals surface area contributed by atoms with E-state index in [9.17, 15) is 14.4 Å². The Labute approximate surface area is 181 Å². The van der Waals surface area contributed by atoms with Crippen molar-refractivity contribution in [1.82, 2.24) is 10.6 Å². The molecule has 164 valence electrons. The molecule has 0 radical (unpaired) electrons. The third-order valence-electron chi connectivity index (χ3n) is 4.59. The molecule has 8 heteroatoms. The van der Waals surface area contributed by atoms with Gasteiger partial charge in [0.15, 0.2) is 6.61 Å². The van der Waals surface area contributed by atoms with Crippen molar-refractivity contribution in [3.8, 4) is 11.5 Å². The Kier molecular flexibility index (Phi) is 7.86. The van der Waals surface area contributed by atoms with Gasteiger partial charge in [-0.1, -0.05) is 0 Å². The summed E-state index contributed by atoms with van der Waals surface area (Å²) in [6, 6.07) is 13.6. The van der Waals surface area contributed by atoms with Crippen LogP contribution in [0.15, 0.2) is 48.5 Å². The van der Waals surface area contributed by atoms with E-state index in [4.69, 9.17) is 9.47 Å². The number of nitrogens with one attached hydrogen (secondary N) is 3. The van der Waals surface area contributed by atoms with Gasteiger partial charge in [0, 0.05) is 30.3 Å². The molecule has 1 aliphatic carbocycles. The van der Waals surface area contributed by atoms with E-state index in [2.05, 4.69) is 16.0 Å². The summed E-state index contributed by atoms with van der Waals surface area (Å²) in [6.07, 6.45) is 1.91. The normalized spacial score (nSPS) is 12.5. The largest absolute Gasteiger partial charge is 0.494 e. The van der Waals surface area contributed by atoms with Gasteiger partial charge >= 0.3 is 0 Å². The van der Waals surface area contributed by atoms with E-state index in [1.165, 1.54) is 0 Å². The molecule has 1 saturated carbocycles. The molecule has 3 amide bonds. The highest BCUT2D eigenvalue weighted by Crippen LogP contribution is 2.28. The Bertz CT molecular complexity index is 892. The molecule has 0 spiro atoms. The molecular weight excluding hydrogens is 398 g/mol. The molecule has 0 heterocycles. The van der Waals surface area contributed by atoms with Gasteiger partial charge in [0.05, 0.1) is 6.61 Å². The van der Waals surface area contributed by atoms with E-state index in [0.29, 0.717) is 36.7 Å². The van der Waals surface area contributed by atoms with Crippen LogP contribution in [0, 0.1) is 5.92 Å². The lowest BCUT2D eigenvalue weighted by Gasteiger charge is -2.10. The number of hydrogen-bond donors (Lipinski definition) is 3. The van der Waals surface area contributed by atoms with Crippen LogP contribution in [0.2, 0.25) is 0 Å². The van der Waals surface area contributed by atoms with Gasteiger partial charge in [-0.15, -0.1) is 0 Å². The number of benzene rings is 2. The van der Waals surface area contributed by atoms with Gasteiger partial charge in [0.1, 0.15) is 11.5 Å². The molecule has 2 aromatic rings. The number of anilines is 1. The lowest BCUT2D eigenvalue weighted by molar-refractivity contribution is -0.122. The third kappa shape index (κ3) is 7.33. The van der Waals surface area contributed by atoms with Gasteiger partial charge in [-0.3, -0.25) is 14.4 Å². The van der Waals surface area contributed by atoms with Gasteiger partial charge < -0.3 is 25.4 Å². The topological polar surface area (TPSA) is 106 Å². The lowest BCUT2D eigenvalue weighted by atomic mass is 10.2. The second-order valence-electron chi connectivity index (χ2n) is 7.14. The first kappa shape index (κ1) is 22.1. The lowest BCUT2D eigenvalue weighted by Crippen LogP contribution is -2.35. The standard InChI is InChI=1S/C23H27N3O5/c1-2-30-19-9-11-20(12-10-19)31-15-21(27)26-18-7-5-17(6-8-18)23(29)25-14-13-24-22(28)16-3-4-16/h5-12,16H,2-4,13-15H2,1H3,(H,24,28)(H,25,29)(H,26,27). The fourth-order valence-corrected chi connectivity index (χ4v) is 2.80. The molecular formula is C23H27N3O5. The molecule has 8 nitrogen and oxygen atoms in total. The van der Waals surface area contributed by atoms with Crippen LogP contribution in [0.3, 0.4) is 0 Å². The molecule has 2 aromatic carbocycles. The van der Waals surface area contributed by atoms with Gasteiger partial charge in [-0.2, -0.15) is 0 Å². The van der Waals surface area contributed by atoms with Crippen molar-refractivity contribution < 1.29 is 23.9 Å². The molecule has 3 rings (SSSR count). The fraction of sp³-hybridized carbons (Fsp3) is 0.348. The first-order chi connectivity index (χ1) is 15.0. The monoisotopic (exact) mass is 425 g/mol. The molecule has 0 unspecified atom stereocenters. The number of carbonyl (C=O) groups excluding carboxylic acids is 3. The van der Waals surface area contributed by atoms with Crippen molar-refractivity contribution >= 4 is 23.4 Å². The summed E-state index contributed by atoms with van der Waals surface area (Å²) in [6.45, 7) is 3.12. The molecule has 0 atom stereocenters. The summed E-state index contributed by atoms with van der Waals surface area (Å²) in [5, 5.41) is 8.27. The summed E-state index contributed by atoms with van der Waals surface area (Å²) in [7, 11) is 0. The second kappa shape index (κ2) is 11.0. The van der Waals surface area contributed by atoms with Gasteiger partial charge in [0.2, 0.25) is 5.91 Å². The van der Waals surface area contributed by atoms with Crippen molar-refractivity contribution in [3.05, 3.63) is 54.1 Å². The van der Waals surface area contributed by atoms with Crippen LogP contribution in [0.5, 0.6) is 11.5 Å². The molecule has 1 fully saturated rings. The highest BCUT2D eigenvalue weighted by molar-refractivity contribution is 5.96. The Morgan fingerprint density at radius 1 is 0.871 bits per heavy atom. The van der Waals surface area contributed by atoms with Crippen molar-refractivity contribution in [2.45, 2.75) is 19.8 Å². The van der Waals surface area contributed by atoms with Crippen molar-refractivity contribution in [3.63, 3.8) is 0 Å². The maximum absolute atomic E-state index is 12.2. The highest BCUT2D eigenvalue weighted by atomic mass is 16.5. The van der Waals surface area contributed by atoms with Crippen LogP contribution < -0.4 is 25.4 Å².